The molecule has 0 aromatic rings. The molecule has 2 N–H and O–H groups in total. The van der Waals surface area contributed by atoms with E-state index >= 15 is 0 Å². The van der Waals surface area contributed by atoms with Crippen LogP contribution in [-0.2, 0) is 4.79 Å². The van der Waals surface area contributed by atoms with Crippen molar-refractivity contribution in [2.75, 3.05) is 6.54 Å². The van der Waals surface area contributed by atoms with Crippen LogP contribution >= 0.6 is 0 Å². The van der Waals surface area contributed by atoms with E-state index in [1.807, 2.05) is 0 Å². The molecule has 0 radical (unpaired) electrons. The smallest absolute Gasteiger partial charge is 0.353 e. The van der Waals surface area contributed by atoms with Crippen molar-refractivity contribution in [3.8, 4) is 0 Å². The first kappa shape index (κ1) is 15.3. The van der Waals surface area contributed by atoms with Crippen molar-refractivity contribution >= 4 is 11.7 Å². The number of hydrogen-bond acceptors (Lipinski definition) is 5. The Kier molecular flexibility index (Phi) is 8.62. The van der Waals surface area contributed by atoms with Crippen LogP contribution in [0, 0.1) is 10.1 Å². The van der Waals surface area contributed by atoms with Crippen LogP contribution in [0.4, 0.5) is 0 Å². The van der Waals surface area contributed by atoms with Crippen molar-refractivity contribution < 1.29 is 20.0 Å². The highest BCUT2D eigenvalue weighted by molar-refractivity contribution is 6.35. The van der Waals surface area contributed by atoms with Gasteiger partial charge in [-0.05, 0) is 12.8 Å². The summed E-state index contributed by atoms with van der Waals surface area (Å²) in [5.41, 5.74) is -0.224. The molecule has 0 aliphatic carbocycles. The molecule has 17 heavy (non-hydrogen) atoms. The van der Waals surface area contributed by atoms with E-state index in [2.05, 4.69) is 5.16 Å². The third-order valence-corrected chi connectivity index (χ3v) is 2.37. The van der Waals surface area contributed by atoms with E-state index in [-0.39, 0.29) is 23.6 Å². The van der Waals surface area contributed by atoms with Gasteiger partial charge in [-0.15, -0.1) is 0 Å². The van der Waals surface area contributed by atoms with Crippen LogP contribution in [0.1, 0.15) is 44.9 Å². The molecule has 0 aliphatic heterocycles. The van der Waals surface area contributed by atoms with Gasteiger partial charge < -0.3 is 10.3 Å². The molecular formula is C10H18N2O5. The van der Waals surface area contributed by atoms with Crippen molar-refractivity contribution in [3.05, 3.63) is 10.1 Å². The number of nitrogens with zero attached hydrogens (tertiary/aromatic N) is 2. The van der Waals surface area contributed by atoms with E-state index in [1.54, 1.807) is 0 Å². The topological polar surface area (TPSA) is 113 Å². The molecule has 0 aromatic heterocycles. The van der Waals surface area contributed by atoms with Gasteiger partial charge in [-0.2, -0.15) is 0 Å². The maximum atomic E-state index is 10.4. The fourth-order valence-corrected chi connectivity index (χ4v) is 1.44. The maximum absolute atomic E-state index is 10.4. The minimum Gasteiger partial charge on any atom is -0.477 e. The molecule has 0 unspecified atom stereocenters. The van der Waals surface area contributed by atoms with Crippen LogP contribution in [0.2, 0.25) is 0 Å². The highest BCUT2D eigenvalue weighted by atomic mass is 16.6. The van der Waals surface area contributed by atoms with Crippen LogP contribution in [-0.4, -0.2) is 33.5 Å². The lowest BCUT2D eigenvalue weighted by Crippen LogP contribution is -2.12. The second kappa shape index (κ2) is 9.56. The van der Waals surface area contributed by atoms with E-state index in [0.29, 0.717) is 12.8 Å². The lowest BCUT2D eigenvalue weighted by Gasteiger charge is -2.00. The molecule has 0 spiro atoms. The Labute approximate surface area is 99.3 Å². The standard InChI is InChI=1S/C10H18N2O5/c13-10(14)9(11-15)7-5-3-1-2-4-6-8-12(16)17/h15H,1-8H2,(H,13,14)/b11-9-. The van der Waals surface area contributed by atoms with Crippen LogP contribution in [0.15, 0.2) is 5.16 Å². The SMILES string of the molecule is O=C(O)/C(CCCCCCCC[N+](=O)[O-])=N\O. The highest BCUT2D eigenvalue weighted by Crippen LogP contribution is 2.08. The molecule has 7 nitrogen and oxygen atoms in total. The molecule has 0 bridgehead atoms. The number of aliphatic carboxylic acids is 1. The summed E-state index contributed by atoms with van der Waals surface area (Å²) < 4.78 is 0. The van der Waals surface area contributed by atoms with Crippen molar-refractivity contribution in [2.45, 2.75) is 44.9 Å². The van der Waals surface area contributed by atoms with E-state index in [1.165, 1.54) is 0 Å². The Morgan fingerprint density at radius 3 is 2.12 bits per heavy atom. The third kappa shape index (κ3) is 9.28. The minimum absolute atomic E-state index is 0.0142. The molecule has 0 fully saturated rings. The van der Waals surface area contributed by atoms with Gasteiger partial charge in [0.2, 0.25) is 6.54 Å². The first-order chi connectivity index (χ1) is 8.07. The molecule has 7 heteroatoms. The first-order valence-electron chi connectivity index (χ1n) is 5.64. The quantitative estimate of drug-likeness (QED) is 0.201. The van der Waals surface area contributed by atoms with Gasteiger partial charge in [-0.3, -0.25) is 10.1 Å². The molecule has 0 amide bonds. The van der Waals surface area contributed by atoms with Gasteiger partial charge in [-0.25, -0.2) is 4.79 Å². The van der Waals surface area contributed by atoms with Crippen LogP contribution in [0.25, 0.3) is 0 Å². The Bertz CT molecular complexity index is 278. The average molecular weight is 246 g/mol. The average Bonchev–Trinajstić information content (AvgIpc) is 2.26. The summed E-state index contributed by atoms with van der Waals surface area (Å²) in [6.45, 7) is 0.0142. The first-order valence-corrected chi connectivity index (χ1v) is 5.64. The predicted octanol–water partition coefficient (Wildman–Crippen LogP) is 1.91. The molecule has 0 saturated carbocycles. The number of unbranched alkanes of at least 4 members (excludes halogenated alkanes) is 5. The zero-order valence-corrected chi connectivity index (χ0v) is 9.67. The normalized spacial score (nSPS) is 11.4. The lowest BCUT2D eigenvalue weighted by atomic mass is 10.1. The second-order valence-corrected chi connectivity index (χ2v) is 3.78. The molecule has 98 valence electrons. The lowest BCUT2D eigenvalue weighted by molar-refractivity contribution is -0.480. The summed E-state index contributed by atoms with van der Waals surface area (Å²) in [4.78, 5) is 20.1. The van der Waals surface area contributed by atoms with Gasteiger partial charge in [0.15, 0.2) is 5.71 Å². The van der Waals surface area contributed by atoms with Gasteiger partial charge in [0.05, 0.1) is 0 Å². The van der Waals surface area contributed by atoms with Crippen molar-refractivity contribution in [3.63, 3.8) is 0 Å². The zero-order chi connectivity index (χ0) is 13.1. The molecule has 0 saturated heterocycles. The van der Waals surface area contributed by atoms with Crippen molar-refractivity contribution in [2.24, 2.45) is 5.16 Å². The summed E-state index contributed by atoms with van der Waals surface area (Å²) in [7, 11) is 0. The van der Waals surface area contributed by atoms with E-state index in [0.717, 1.165) is 25.7 Å². The van der Waals surface area contributed by atoms with E-state index in [9.17, 15) is 14.9 Å². The van der Waals surface area contributed by atoms with Crippen LogP contribution in [0.3, 0.4) is 0 Å². The summed E-state index contributed by atoms with van der Waals surface area (Å²) in [5.74, 6) is -1.20. The number of oxime groups is 1. The second-order valence-electron chi connectivity index (χ2n) is 3.78. The predicted molar refractivity (Wildman–Crippen MR) is 61.0 cm³/mol. The van der Waals surface area contributed by atoms with Gasteiger partial charge in [-0.1, -0.05) is 24.4 Å². The summed E-state index contributed by atoms with van der Waals surface area (Å²) >= 11 is 0. The number of carboxylic acids is 1. The maximum Gasteiger partial charge on any atom is 0.353 e. The number of carbonyl (C=O) groups is 1. The molecular weight excluding hydrogens is 228 g/mol. The number of rotatable bonds is 10. The Morgan fingerprint density at radius 1 is 1.12 bits per heavy atom. The zero-order valence-electron chi connectivity index (χ0n) is 9.67. The van der Waals surface area contributed by atoms with Crippen LogP contribution in [0.5, 0.6) is 0 Å². The monoisotopic (exact) mass is 246 g/mol. The Morgan fingerprint density at radius 2 is 1.65 bits per heavy atom. The number of carboxylic acid groups (broad SMARTS) is 1. The van der Waals surface area contributed by atoms with Crippen molar-refractivity contribution in [1.29, 1.82) is 0 Å². The van der Waals surface area contributed by atoms with Gasteiger partial charge in [0.25, 0.3) is 0 Å². The van der Waals surface area contributed by atoms with Crippen molar-refractivity contribution in [1.82, 2.24) is 0 Å². The number of nitro groups is 1. The fourth-order valence-electron chi connectivity index (χ4n) is 1.44. The number of hydrogen-bond donors (Lipinski definition) is 2. The molecule has 0 heterocycles. The van der Waals surface area contributed by atoms with Gasteiger partial charge in [0.1, 0.15) is 0 Å². The fraction of sp³-hybridized carbons (Fsp3) is 0.800. The summed E-state index contributed by atoms with van der Waals surface area (Å²) in [6, 6.07) is 0. The molecule has 0 rings (SSSR count). The van der Waals surface area contributed by atoms with Gasteiger partial charge in [0, 0.05) is 17.8 Å². The molecule has 0 aromatic carbocycles. The van der Waals surface area contributed by atoms with E-state index < -0.39 is 5.97 Å². The summed E-state index contributed by atoms with van der Waals surface area (Å²) in [6.07, 6.45) is 4.97. The Hall–Kier alpha value is -1.66. The Balaban J connectivity index is 3.35. The molecule has 0 aliphatic rings. The molecule has 0 atom stereocenters. The van der Waals surface area contributed by atoms with Gasteiger partial charge >= 0.3 is 5.97 Å². The van der Waals surface area contributed by atoms with E-state index in [4.69, 9.17) is 10.3 Å². The highest BCUT2D eigenvalue weighted by Gasteiger charge is 2.08. The largest absolute Gasteiger partial charge is 0.477 e. The summed E-state index contributed by atoms with van der Waals surface area (Å²) in [5, 5.41) is 29.6. The minimum atomic E-state index is -1.20. The van der Waals surface area contributed by atoms with Crippen LogP contribution < -0.4 is 0 Å². The third-order valence-electron chi connectivity index (χ3n) is 2.37.